The van der Waals surface area contributed by atoms with Crippen LogP contribution in [0.2, 0.25) is 0 Å². The van der Waals surface area contributed by atoms with Gasteiger partial charge in [0.05, 0.1) is 12.0 Å². The summed E-state index contributed by atoms with van der Waals surface area (Å²) in [7, 11) is 0. The monoisotopic (exact) mass is 419 g/mol. The van der Waals surface area contributed by atoms with Crippen molar-refractivity contribution in [3.8, 4) is 0 Å². The van der Waals surface area contributed by atoms with Crippen molar-refractivity contribution in [2.45, 2.75) is 38.3 Å². The number of rotatable bonds is 6. The minimum atomic E-state index is -4.40. The summed E-state index contributed by atoms with van der Waals surface area (Å²) < 4.78 is 37.8. The van der Waals surface area contributed by atoms with Crippen LogP contribution in [0.1, 0.15) is 36.9 Å². The number of pyridine rings is 1. The van der Waals surface area contributed by atoms with Gasteiger partial charge >= 0.3 is 6.18 Å². The van der Waals surface area contributed by atoms with Crippen LogP contribution in [0, 0.1) is 5.92 Å². The highest BCUT2D eigenvalue weighted by atomic mass is 19.4. The van der Waals surface area contributed by atoms with Crippen molar-refractivity contribution < 1.29 is 22.8 Å². The van der Waals surface area contributed by atoms with Crippen LogP contribution < -0.4 is 5.32 Å². The molecule has 0 aliphatic carbocycles. The summed E-state index contributed by atoms with van der Waals surface area (Å²) in [5.41, 5.74) is 0.322. The molecule has 8 heteroatoms. The number of likely N-dealkylation sites (tertiary alicyclic amines) is 1. The first-order valence-electron chi connectivity index (χ1n) is 9.96. The van der Waals surface area contributed by atoms with Gasteiger partial charge in [-0.3, -0.25) is 14.6 Å². The fraction of sp³-hybridized carbons (Fsp3) is 0.409. The molecule has 1 fully saturated rings. The standard InChI is InChI=1S/C22H24F3N3O2/c23-22(24,25)17-7-9-18(10-8-17)27-20(29)11-6-16-4-3-13-28(15-16)21(30)14-19-5-1-2-12-26-19/h1-2,5,7-10,12,16H,3-4,6,11,13-15H2,(H,27,29)/t16-/m0/s1. The smallest absolute Gasteiger partial charge is 0.342 e. The Balaban J connectivity index is 1.44. The van der Waals surface area contributed by atoms with Crippen molar-refractivity contribution in [1.82, 2.24) is 9.88 Å². The largest absolute Gasteiger partial charge is 0.416 e. The molecule has 1 aliphatic heterocycles. The van der Waals surface area contributed by atoms with Crippen molar-refractivity contribution >= 4 is 17.5 Å². The third kappa shape index (κ3) is 6.30. The normalized spacial score (nSPS) is 16.9. The average molecular weight is 419 g/mol. The summed E-state index contributed by atoms with van der Waals surface area (Å²) >= 11 is 0. The van der Waals surface area contributed by atoms with Gasteiger partial charge in [-0.1, -0.05) is 6.07 Å². The molecule has 0 bridgehead atoms. The molecule has 0 unspecified atom stereocenters. The van der Waals surface area contributed by atoms with Crippen LogP contribution in [-0.4, -0.2) is 34.8 Å². The Morgan fingerprint density at radius 3 is 2.57 bits per heavy atom. The predicted octanol–water partition coefficient (Wildman–Crippen LogP) is 4.30. The first kappa shape index (κ1) is 21.8. The number of nitrogens with zero attached hydrogens (tertiary/aromatic N) is 2. The minimum Gasteiger partial charge on any atom is -0.342 e. The van der Waals surface area contributed by atoms with Crippen molar-refractivity contribution in [2.24, 2.45) is 5.92 Å². The number of nitrogens with one attached hydrogen (secondary N) is 1. The molecule has 160 valence electrons. The summed E-state index contributed by atoms with van der Waals surface area (Å²) in [6.07, 6.45) is 0.246. The van der Waals surface area contributed by atoms with E-state index in [9.17, 15) is 22.8 Å². The number of carbonyl (C=O) groups excluding carboxylic acids is 2. The number of benzene rings is 1. The van der Waals surface area contributed by atoms with Gasteiger partial charge < -0.3 is 10.2 Å². The number of amides is 2. The average Bonchev–Trinajstić information content (AvgIpc) is 2.73. The van der Waals surface area contributed by atoms with Gasteiger partial charge in [0.2, 0.25) is 11.8 Å². The second-order valence-corrected chi connectivity index (χ2v) is 7.51. The van der Waals surface area contributed by atoms with Crippen LogP contribution in [0.15, 0.2) is 48.7 Å². The molecule has 5 nitrogen and oxygen atoms in total. The maximum Gasteiger partial charge on any atom is 0.416 e. The maximum atomic E-state index is 12.6. The molecule has 0 radical (unpaired) electrons. The van der Waals surface area contributed by atoms with Gasteiger partial charge in [0.1, 0.15) is 0 Å². The van der Waals surface area contributed by atoms with Crippen LogP contribution >= 0.6 is 0 Å². The van der Waals surface area contributed by atoms with Crippen LogP contribution in [0.25, 0.3) is 0 Å². The van der Waals surface area contributed by atoms with Gasteiger partial charge in [0.25, 0.3) is 0 Å². The molecule has 1 aromatic heterocycles. The summed E-state index contributed by atoms with van der Waals surface area (Å²) in [5, 5.41) is 2.63. The van der Waals surface area contributed by atoms with Crippen LogP contribution in [0.5, 0.6) is 0 Å². The van der Waals surface area contributed by atoms with Gasteiger partial charge in [-0.05, 0) is 61.6 Å². The Hall–Kier alpha value is -2.90. The Kier molecular flexibility index (Phi) is 7.07. The molecule has 1 N–H and O–H groups in total. The van der Waals surface area contributed by atoms with Crippen molar-refractivity contribution in [2.75, 3.05) is 18.4 Å². The highest BCUT2D eigenvalue weighted by molar-refractivity contribution is 5.90. The fourth-order valence-corrected chi connectivity index (χ4v) is 3.60. The molecule has 1 atom stereocenters. The van der Waals surface area contributed by atoms with E-state index in [2.05, 4.69) is 10.3 Å². The van der Waals surface area contributed by atoms with E-state index in [1.54, 1.807) is 12.3 Å². The number of halogens is 3. The molecule has 1 aromatic carbocycles. The Bertz CT molecular complexity index is 854. The van der Waals surface area contributed by atoms with Crippen LogP contribution in [-0.2, 0) is 22.2 Å². The quantitative estimate of drug-likeness (QED) is 0.759. The zero-order valence-corrected chi connectivity index (χ0v) is 16.5. The third-order valence-electron chi connectivity index (χ3n) is 5.21. The van der Waals surface area contributed by atoms with Gasteiger partial charge in [0.15, 0.2) is 0 Å². The second kappa shape index (κ2) is 9.73. The molecule has 1 aliphatic rings. The van der Waals surface area contributed by atoms with E-state index in [0.717, 1.165) is 30.7 Å². The zero-order valence-electron chi connectivity index (χ0n) is 16.5. The lowest BCUT2D eigenvalue weighted by atomic mass is 9.93. The molecular formula is C22H24F3N3O2. The number of carbonyl (C=O) groups is 2. The van der Waals surface area contributed by atoms with Crippen molar-refractivity contribution in [1.29, 1.82) is 0 Å². The number of piperidine rings is 1. The molecule has 0 saturated carbocycles. The van der Waals surface area contributed by atoms with E-state index in [4.69, 9.17) is 0 Å². The minimum absolute atomic E-state index is 0.0348. The SMILES string of the molecule is O=C(CC[C@@H]1CCCN(C(=O)Cc2ccccn2)C1)Nc1ccc(C(F)(F)F)cc1. The molecule has 2 heterocycles. The summed E-state index contributed by atoms with van der Waals surface area (Å²) in [4.78, 5) is 30.7. The Morgan fingerprint density at radius 2 is 1.90 bits per heavy atom. The van der Waals surface area contributed by atoms with Crippen molar-refractivity contribution in [3.05, 3.63) is 59.9 Å². The van der Waals surface area contributed by atoms with Crippen LogP contribution in [0.4, 0.5) is 18.9 Å². The fourth-order valence-electron chi connectivity index (χ4n) is 3.60. The highest BCUT2D eigenvalue weighted by Gasteiger charge is 2.30. The van der Waals surface area contributed by atoms with Gasteiger partial charge in [-0.2, -0.15) is 13.2 Å². The Morgan fingerprint density at radius 1 is 1.13 bits per heavy atom. The first-order chi connectivity index (χ1) is 14.3. The number of anilines is 1. The van der Waals surface area contributed by atoms with Crippen molar-refractivity contribution in [3.63, 3.8) is 0 Å². The molecular weight excluding hydrogens is 395 g/mol. The Labute approximate surface area is 173 Å². The van der Waals surface area contributed by atoms with Gasteiger partial charge in [-0.25, -0.2) is 0 Å². The lowest BCUT2D eigenvalue weighted by Gasteiger charge is -2.32. The van der Waals surface area contributed by atoms with E-state index in [0.29, 0.717) is 25.2 Å². The zero-order chi connectivity index (χ0) is 21.6. The number of hydrogen-bond donors (Lipinski definition) is 1. The summed E-state index contributed by atoms with van der Waals surface area (Å²) in [5.74, 6) is 0.0177. The molecule has 2 aromatic rings. The maximum absolute atomic E-state index is 12.6. The third-order valence-corrected chi connectivity index (χ3v) is 5.21. The first-order valence-corrected chi connectivity index (χ1v) is 9.96. The van der Waals surface area contributed by atoms with E-state index in [-0.39, 0.29) is 30.6 Å². The predicted molar refractivity (Wildman–Crippen MR) is 107 cm³/mol. The lowest BCUT2D eigenvalue weighted by Crippen LogP contribution is -2.41. The highest BCUT2D eigenvalue weighted by Crippen LogP contribution is 2.30. The van der Waals surface area contributed by atoms with E-state index < -0.39 is 11.7 Å². The van der Waals surface area contributed by atoms with E-state index in [1.807, 2.05) is 17.0 Å². The van der Waals surface area contributed by atoms with E-state index in [1.165, 1.54) is 12.1 Å². The summed E-state index contributed by atoms with van der Waals surface area (Å²) in [6, 6.07) is 9.87. The molecule has 1 saturated heterocycles. The second-order valence-electron chi connectivity index (χ2n) is 7.51. The molecule has 30 heavy (non-hydrogen) atoms. The number of alkyl halides is 3. The molecule has 2 amide bonds. The van der Waals surface area contributed by atoms with E-state index >= 15 is 0 Å². The van der Waals surface area contributed by atoms with Crippen LogP contribution in [0.3, 0.4) is 0 Å². The molecule has 0 spiro atoms. The van der Waals surface area contributed by atoms with Gasteiger partial charge in [0, 0.05) is 37.1 Å². The number of hydrogen-bond acceptors (Lipinski definition) is 3. The van der Waals surface area contributed by atoms with Gasteiger partial charge in [-0.15, -0.1) is 0 Å². The number of aromatic nitrogens is 1. The topological polar surface area (TPSA) is 62.3 Å². The summed E-state index contributed by atoms with van der Waals surface area (Å²) in [6.45, 7) is 1.32. The lowest BCUT2D eigenvalue weighted by molar-refractivity contribution is -0.137. The molecule has 3 rings (SSSR count).